The van der Waals surface area contributed by atoms with Gasteiger partial charge in [-0.2, -0.15) is 5.10 Å². The predicted octanol–water partition coefficient (Wildman–Crippen LogP) is 1.16. The van der Waals surface area contributed by atoms with Gasteiger partial charge in [-0.3, -0.25) is 4.68 Å². The minimum Gasteiger partial charge on any atom is -0.381 e. The van der Waals surface area contributed by atoms with Gasteiger partial charge in [0.2, 0.25) is 10.0 Å². The average Bonchev–Trinajstić information content (AvgIpc) is 2.96. The average molecular weight is 329 g/mol. The summed E-state index contributed by atoms with van der Waals surface area (Å²) in [5.41, 5.74) is 6.57. The number of sulfonamides is 1. The van der Waals surface area contributed by atoms with E-state index in [-0.39, 0.29) is 17.3 Å². The fraction of sp³-hybridized carbons (Fsp3) is 0.500. The van der Waals surface area contributed by atoms with Gasteiger partial charge in [0.1, 0.15) is 4.90 Å². The molecule has 0 unspecified atom stereocenters. The van der Waals surface area contributed by atoms with Crippen LogP contribution in [0.5, 0.6) is 0 Å². The maximum Gasteiger partial charge on any atom is 0.245 e. The first-order valence-corrected chi connectivity index (χ1v) is 9.02. The van der Waals surface area contributed by atoms with Crippen molar-refractivity contribution in [1.29, 1.82) is 0 Å². The number of nitrogens with zero attached hydrogens (tertiary/aromatic N) is 3. The molecule has 2 aromatic rings. The van der Waals surface area contributed by atoms with Gasteiger partial charge in [0.25, 0.3) is 0 Å². The molecule has 9 heteroatoms. The Bertz CT molecular complexity index is 705. The molecule has 0 aliphatic heterocycles. The summed E-state index contributed by atoms with van der Waals surface area (Å²) in [4.78, 5) is 4.32. The molecule has 7 nitrogen and oxygen atoms in total. The molecule has 2 heterocycles. The monoisotopic (exact) mass is 329 g/mol. The number of nitrogens with one attached hydrogen (secondary N) is 1. The number of nitrogen functional groups attached to an aromatic ring is 1. The van der Waals surface area contributed by atoms with Crippen LogP contribution in [0, 0.1) is 6.92 Å². The van der Waals surface area contributed by atoms with Crippen LogP contribution < -0.4 is 10.5 Å². The molecule has 0 saturated carbocycles. The second-order valence-corrected chi connectivity index (χ2v) is 7.44. The van der Waals surface area contributed by atoms with Gasteiger partial charge < -0.3 is 5.73 Å². The van der Waals surface area contributed by atoms with Gasteiger partial charge in [0.15, 0.2) is 5.82 Å². The van der Waals surface area contributed by atoms with E-state index in [9.17, 15) is 8.42 Å². The van der Waals surface area contributed by atoms with E-state index in [1.165, 1.54) is 6.20 Å². The molecule has 0 aliphatic rings. The molecule has 3 N–H and O–H groups in total. The third-order valence-corrected chi connectivity index (χ3v) is 5.14. The van der Waals surface area contributed by atoms with E-state index in [0.29, 0.717) is 13.0 Å². The predicted molar refractivity (Wildman–Crippen MR) is 82.7 cm³/mol. The second-order valence-electron chi connectivity index (χ2n) is 4.65. The first-order chi connectivity index (χ1) is 9.92. The Labute approximate surface area is 128 Å². The summed E-state index contributed by atoms with van der Waals surface area (Å²) in [5, 5.41) is 6.90. The van der Waals surface area contributed by atoms with Crippen molar-refractivity contribution in [3.05, 3.63) is 22.3 Å². The lowest BCUT2D eigenvalue weighted by atomic mass is 10.3. The van der Waals surface area contributed by atoms with Gasteiger partial charge in [-0.25, -0.2) is 18.1 Å². The summed E-state index contributed by atoms with van der Waals surface area (Å²) in [6.45, 7) is 4.82. The fourth-order valence-electron chi connectivity index (χ4n) is 1.88. The highest BCUT2D eigenvalue weighted by molar-refractivity contribution is 7.89. The number of hydrogen-bond acceptors (Lipinski definition) is 6. The van der Waals surface area contributed by atoms with Crippen molar-refractivity contribution in [2.45, 2.75) is 38.1 Å². The molecule has 2 aromatic heterocycles. The van der Waals surface area contributed by atoms with Crippen molar-refractivity contribution in [2.75, 3.05) is 12.3 Å². The Hall–Kier alpha value is -1.45. The first-order valence-electron chi connectivity index (χ1n) is 6.66. The van der Waals surface area contributed by atoms with Gasteiger partial charge in [0, 0.05) is 31.1 Å². The van der Waals surface area contributed by atoms with E-state index in [1.807, 2.05) is 19.2 Å². The molecule has 0 spiro atoms. The molecular weight excluding hydrogens is 310 g/mol. The summed E-state index contributed by atoms with van der Waals surface area (Å²) in [6.07, 6.45) is 2.87. The molecule has 0 saturated heterocycles. The maximum atomic E-state index is 12.2. The third-order valence-electron chi connectivity index (χ3n) is 2.84. The molecule has 21 heavy (non-hydrogen) atoms. The lowest BCUT2D eigenvalue weighted by Gasteiger charge is -2.04. The topological polar surface area (TPSA) is 103 Å². The van der Waals surface area contributed by atoms with Crippen molar-refractivity contribution in [1.82, 2.24) is 19.5 Å². The van der Waals surface area contributed by atoms with Crippen LogP contribution in [0.3, 0.4) is 0 Å². The van der Waals surface area contributed by atoms with Gasteiger partial charge in [-0.1, -0.05) is 6.92 Å². The quantitative estimate of drug-likeness (QED) is 0.793. The highest BCUT2D eigenvalue weighted by atomic mass is 32.2. The number of aromatic nitrogens is 3. The van der Waals surface area contributed by atoms with Crippen molar-refractivity contribution in [3.8, 4) is 0 Å². The molecule has 0 radical (unpaired) electrons. The van der Waals surface area contributed by atoms with Gasteiger partial charge >= 0.3 is 0 Å². The summed E-state index contributed by atoms with van der Waals surface area (Å²) >= 11 is 1.55. The first kappa shape index (κ1) is 15.9. The van der Waals surface area contributed by atoms with Crippen molar-refractivity contribution in [2.24, 2.45) is 0 Å². The number of anilines is 1. The van der Waals surface area contributed by atoms with E-state index in [2.05, 4.69) is 14.8 Å². The number of rotatable bonds is 7. The van der Waals surface area contributed by atoms with E-state index in [4.69, 9.17) is 5.73 Å². The Morgan fingerprint density at radius 2 is 2.24 bits per heavy atom. The van der Waals surface area contributed by atoms with Gasteiger partial charge in [-0.15, -0.1) is 11.3 Å². The van der Waals surface area contributed by atoms with Crippen LogP contribution in [0.2, 0.25) is 0 Å². The summed E-state index contributed by atoms with van der Waals surface area (Å²) < 4.78 is 28.5. The maximum absolute atomic E-state index is 12.2. The van der Waals surface area contributed by atoms with E-state index in [0.717, 1.165) is 17.1 Å². The Morgan fingerprint density at radius 3 is 2.86 bits per heavy atom. The third kappa shape index (κ3) is 4.02. The number of thiazole rings is 1. The van der Waals surface area contributed by atoms with Gasteiger partial charge in [0.05, 0.1) is 10.7 Å². The number of aryl methyl sites for hydroxylation is 2. The minimum atomic E-state index is -3.63. The zero-order valence-corrected chi connectivity index (χ0v) is 13.7. The van der Waals surface area contributed by atoms with Crippen LogP contribution >= 0.6 is 11.3 Å². The van der Waals surface area contributed by atoms with Crippen molar-refractivity contribution >= 4 is 27.2 Å². The molecule has 0 atom stereocenters. The van der Waals surface area contributed by atoms with Crippen LogP contribution in [0.4, 0.5) is 5.82 Å². The smallest absolute Gasteiger partial charge is 0.245 e. The van der Waals surface area contributed by atoms with E-state index >= 15 is 0 Å². The van der Waals surface area contributed by atoms with Crippen LogP contribution in [0.25, 0.3) is 0 Å². The number of nitrogens with two attached hydrogens (primary N) is 1. The molecule has 116 valence electrons. The Morgan fingerprint density at radius 1 is 1.48 bits per heavy atom. The van der Waals surface area contributed by atoms with Crippen molar-refractivity contribution in [3.63, 3.8) is 0 Å². The highest BCUT2D eigenvalue weighted by Crippen LogP contribution is 2.16. The lowest BCUT2D eigenvalue weighted by molar-refractivity contribution is 0.579. The van der Waals surface area contributed by atoms with Crippen molar-refractivity contribution < 1.29 is 8.42 Å². The van der Waals surface area contributed by atoms with Gasteiger partial charge in [-0.05, 0) is 13.3 Å². The summed E-state index contributed by atoms with van der Waals surface area (Å²) in [5.74, 6) is 0.0282. The molecule has 0 aliphatic carbocycles. The molecule has 0 bridgehead atoms. The van der Waals surface area contributed by atoms with Crippen LogP contribution in [-0.2, 0) is 23.0 Å². The van der Waals surface area contributed by atoms with E-state index in [1.54, 1.807) is 16.0 Å². The van der Waals surface area contributed by atoms with Crippen LogP contribution in [0.1, 0.15) is 24.0 Å². The Kier molecular flexibility index (Phi) is 4.96. The molecule has 0 fully saturated rings. The standard InChI is InChI=1S/C12H19N5O2S2/c1-3-6-17-7-11(12(13)16-17)21(18,19)14-5-4-10-8-20-9(2)15-10/h7-8,14H,3-6H2,1-2H3,(H2,13,16). The zero-order valence-electron chi connectivity index (χ0n) is 12.0. The number of hydrogen-bond donors (Lipinski definition) is 2. The Balaban J connectivity index is 2.01. The SMILES string of the molecule is CCCn1cc(S(=O)(=O)NCCc2csc(C)n2)c(N)n1. The fourth-order valence-corrected chi connectivity index (χ4v) is 3.63. The molecule has 2 rings (SSSR count). The minimum absolute atomic E-state index is 0.0282. The largest absolute Gasteiger partial charge is 0.381 e. The molecule has 0 aromatic carbocycles. The second kappa shape index (κ2) is 6.54. The van der Waals surface area contributed by atoms with E-state index < -0.39 is 10.0 Å². The normalized spacial score (nSPS) is 11.9. The lowest BCUT2D eigenvalue weighted by Crippen LogP contribution is -2.26. The van der Waals surface area contributed by atoms with Crippen LogP contribution in [-0.4, -0.2) is 29.7 Å². The zero-order chi connectivity index (χ0) is 15.5. The van der Waals surface area contributed by atoms with Crippen LogP contribution in [0.15, 0.2) is 16.5 Å². The molecule has 0 amide bonds. The highest BCUT2D eigenvalue weighted by Gasteiger charge is 2.20. The summed E-state index contributed by atoms with van der Waals surface area (Å²) in [6, 6.07) is 0. The summed E-state index contributed by atoms with van der Waals surface area (Å²) in [7, 11) is -3.63. The molecular formula is C12H19N5O2S2.